The van der Waals surface area contributed by atoms with Gasteiger partial charge in [-0.25, -0.2) is 4.98 Å². The number of rotatable bonds is 3. The van der Waals surface area contributed by atoms with Crippen LogP contribution >= 0.6 is 34.5 Å². The Morgan fingerprint density at radius 2 is 2.14 bits per heavy atom. The number of carbonyl (C=O) groups is 1. The van der Waals surface area contributed by atoms with Crippen molar-refractivity contribution in [3.8, 4) is 11.5 Å². The lowest BCUT2D eigenvalue weighted by Crippen LogP contribution is -2.13. The highest BCUT2D eigenvalue weighted by atomic mass is 35.5. The van der Waals surface area contributed by atoms with Crippen LogP contribution in [0.3, 0.4) is 0 Å². The third-order valence-electron chi connectivity index (χ3n) is 2.33. The summed E-state index contributed by atoms with van der Waals surface area (Å²) in [7, 11) is 0. The summed E-state index contributed by atoms with van der Waals surface area (Å²) in [4.78, 5) is 19.5. The molecule has 21 heavy (non-hydrogen) atoms. The summed E-state index contributed by atoms with van der Waals surface area (Å²) >= 11 is 13.0. The number of amides is 1. The van der Waals surface area contributed by atoms with Crippen LogP contribution in [0.1, 0.15) is 10.5 Å². The lowest BCUT2D eigenvalue weighted by atomic mass is 10.3. The quantitative estimate of drug-likeness (QED) is 0.786. The fourth-order valence-corrected chi connectivity index (χ4v) is 2.89. The first-order valence-electron chi connectivity index (χ1n) is 5.49. The molecule has 1 N–H and O–H groups in total. The number of hydrogen-bond donors (Lipinski definition) is 1. The average molecular weight is 342 g/mol. The average Bonchev–Trinajstić information content (AvgIpc) is 3.06. The third-order valence-corrected chi connectivity index (χ3v) is 3.82. The van der Waals surface area contributed by atoms with Crippen LogP contribution in [0.2, 0.25) is 8.67 Å². The molecule has 0 fully saturated rings. The van der Waals surface area contributed by atoms with E-state index < -0.39 is 5.91 Å². The summed E-state index contributed by atoms with van der Waals surface area (Å²) in [6, 6.07) is 1.54. The molecule has 106 valence electrons. The Kier molecular flexibility index (Phi) is 3.82. The molecule has 0 unspecified atom stereocenters. The third kappa shape index (κ3) is 3.02. The van der Waals surface area contributed by atoms with E-state index in [1.807, 2.05) is 0 Å². The number of aromatic nitrogens is 4. The number of nitrogens with zero attached hydrogens (tertiary/aromatic N) is 4. The Morgan fingerprint density at radius 1 is 1.29 bits per heavy atom. The second-order valence-corrected chi connectivity index (χ2v) is 5.98. The first-order chi connectivity index (χ1) is 10.1. The summed E-state index contributed by atoms with van der Waals surface area (Å²) in [5.74, 6) is -0.342. The zero-order valence-electron chi connectivity index (χ0n) is 10.1. The van der Waals surface area contributed by atoms with Crippen LogP contribution < -0.4 is 5.32 Å². The van der Waals surface area contributed by atoms with E-state index >= 15 is 0 Å². The van der Waals surface area contributed by atoms with E-state index in [1.54, 1.807) is 6.07 Å². The van der Waals surface area contributed by atoms with E-state index in [9.17, 15) is 4.79 Å². The Hall–Kier alpha value is -2.03. The minimum absolute atomic E-state index is 0.0703. The number of carbonyl (C=O) groups excluding carboxylic acids is 1. The fourth-order valence-electron chi connectivity index (χ4n) is 1.45. The molecule has 3 rings (SSSR count). The summed E-state index contributed by atoms with van der Waals surface area (Å²) in [5.41, 5.74) is 0.646. The number of anilines is 1. The zero-order chi connectivity index (χ0) is 14.8. The Balaban J connectivity index is 1.80. The molecule has 0 aliphatic heterocycles. The van der Waals surface area contributed by atoms with Gasteiger partial charge in [0.05, 0.1) is 16.1 Å². The van der Waals surface area contributed by atoms with Crippen molar-refractivity contribution < 1.29 is 9.21 Å². The van der Waals surface area contributed by atoms with Crippen molar-refractivity contribution >= 4 is 46.5 Å². The molecule has 3 heterocycles. The molecule has 3 aromatic rings. The summed E-state index contributed by atoms with van der Waals surface area (Å²) in [6.45, 7) is 0. The molecule has 0 spiro atoms. The normalized spacial score (nSPS) is 10.6. The van der Waals surface area contributed by atoms with Crippen LogP contribution in [0.25, 0.3) is 11.5 Å². The molecule has 0 aliphatic rings. The van der Waals surface area contributed by atoms with Crippen LogP contribution in [-0.4, -0.2) is 26.1 Å². The zero-order valence-corrected chi connectivity index (χ0v) is 12.4. The predicted octanol–water partition coefficient (Wildman–Crippen LogP) is 3.15. The fraction of sp³-hybridized carbons (Fsp3) is 0. The van der Waals surface area contributed by atoms with Gasteiger partial charge in [0.2, 0.25) is 0 Å². The molecule has 0 bridgehead atoms. The van der Waals surface area contributed by atoms with E-state index in [0.717, 1.165) is 0 Å². The Bertz CT molecular complexity index is 789. The van der Waals surface area contributed by atoms with Gasteiger partial charge in [-0.2, -0.15) is 0 Å². The summed E-state index contributed by atoms with van der Waals surface area (Å²) < 4.78 is 6.24. The first-order valence-corrected chi connectivity index (χ1v) is 7.07. The number of halogens is 2. The van der Waals surface area contributed by atoms with Gasteiger partial charge in [0.1, 0.15) is 10.0 Å². The molecule has 1 amide bonds. The van der Waals surface area contributed by atoms with E-state index in [4.69, 9.17) is 27.6 Å². The largest absolute Gasteiger partial charge is 0.403 e. The second kappa shape index (κ2) is 5.76. The van der Waals surface area contributed by atoms with Crippen molar-refractivity contribution in [1.29, 1.82) is 0 Å². The lowest BCUT2D eigenvalue weighted by Gasteiger charge is -1.97. The van der Waals surface area contributed by atoms with Gasteiger partial charge in [0.25, 0.3) is 11.8 Å². The number of thiophene rings is 1. The molecule has 0 atom stereocenters. The number of hydrogen-bond acceptors (Lipinski definition) is 7. The maximum atomic E-state index is 11.8. The molecule has 0 radical (unpaired) electrons. The minimum atomic E-state index is -0.507. The van der Waals surface area contributed by atoms with Crippen molar-refractivity contribution in [3.63, 3.8) is 0 Å². The molecule has 3 aromatic heterocycles. The maximum Gasteiger partial charge on any atom is 0.322 e. The van der Waals surface area contributed by atoms with Gasteiger partial charge < -0.3 is 4.42 Å². The smallest absolute Gasteiger partial charge is 0.322 e. The van der Waals surface area contributed by atoms with Crippen molar-refractivity contribution in [2.24, 2.45) is 0 Å². The highest BCUT2D eigenvalue weighted by Crippen LogP contribution is 2.37. The SMILES string of the molecule is O=C(Nc1nnc(-c2cc(Cl)sc2Cl)o1)c1cnccn1. The van der Waals surface area contributed by atoms with Crippen molar-refractivity contribution in [2.45, 2.75) is 0 Å². The molecule has 0 saturated heterocycles. The molecule has 0 saturated carbocycles. The Labute approximate surface area is 132 Å². The first kappa shape index (κ1) is 13.9. The summed E-state index contributed by atoms with van der Waals surface area (Å²) in [6.07, 6.45) is 4.19. The topological polar surface area (TPSA) is 93.8 Å². The van der Waals surface area contributed by atoms with Crippen LogP contribution in [-0.2, 0) is 0 Å². The van der Waals surface area contributed by atoms with Crippen molar-refractivity contribution in [1.82, 2.24) is 20.2 Å². The van der Waals surface area contributed by atoms with Crippen LogP contribution in [0.15, 0.2) is 29.1 Å². The van der Waals surface area contributed by atoms with Gasteiger partial charge in [0, 0.05) is 12.4 Å². The van der Waals surface area contributed by atoms with Crippen LogP contribution in [0, 0.1) is 0 Å². The van der Waals surface area contributed by atoms with E-state index in [1.165, 1.54) is 29.9 Å². The van der Waals surface area contributed by atoms with Gasteiger partial charge in [-0.05, 0) is 6.07 Å². The molecule has 0 aliphatic carbocycles. The monoisotopic (exact) mass is 341 g/mol. The lowest BCUT2D eigenvalue weighted by molar-refractivity contribution is 0.101. The predicted molar refractivity (Wildman–Crippen MR) is 77.6 cm³/mol. The standard InChI is InChI=1S/C11H5Cl2N5O2S/c12-7-3-5(8(13)21-7)10-17-18-11(20-10)16-9(19)6-4-14-1-2-15-6/h1-4H,(H,16,18,19). The van der Waals surface area contributed by atoms with Gasteiger partial charge in [0.15, 0.2) is 0 Å². The summed E-state index contributed by atoms with van der Waals surface area (Å²) in [5, 5.41) is 9.94. The van der Waals surface area contributed by atoms with Crippen LogP contribution in [0.5, 0.6) is 0 Å². The van der Waals surface area contributed by atoms with Gasteiger partial charge >= 0.3 is 6.01 Å². The van der Waals surface area contributed by atoms with Gasteiger partial charge in [-0.15, -0.1) is 16.4 Å². The van der Waals surface area contributed by atoms with E-state index in [2.05, 4.69) is 25.5 Å². The molecular weight excluding hydrogens is 337 g/mol. The second-order valence-electron chi connectivity index (χ2n) is 3.70. The van der Waals surface area contributed by atoms with Crippen molar-refractivity contribution in [3.05, 3.63) is 39.0 Å². The van der Waals surface area contributed by atoms with Crippen molar-refractivity contribution in [2.75, 3.05) is 5.32 Å². The maximum absolute atomic E-state index is 11.8. The molecule has 10 heteroatoms. The molecule has 0 aromatic carbocycles. The molecule has 7 nitrogen and oxygen atoms in total. The Morgan fingerprint density at radius 3 is 2.81 bits per heavy atom. The van der Waals surface area contributed by atoms with Gasteiger partial charge in [-0.3, -0.25) is 15.1 Å². The van der Waals surface area contributed by atoms with E-state index in [-0.39, 0.29) is 17.6 Å². The number of nitrogens with one attached hydrogen (secondary N) is 1. The highest BCUT2D eigenvalue weighted by molar-refractivity contribution is 7.20. The molecular formula is C11H5Cl2N5O2S. The van der Waals surface area contributed by atoms with Crippen LogP contribution in [0.4, 0.5) is 6.01 Å². The van der Waals surface area contributed by atoms with Gasteiger partial charge in [-0.1, -0.05) is 28.3 Å². The minimum Gasteiger partial charge on any atom is -0.403 e. The highest BCUT2D eigenvalue weighted by Gasteiger charge is 2.17. The van der Waals surface area contributed by atoms with E-state index in [0.29, 0.717) is 14.2 Å².